The van der Waals surface area contributed by atoms with Gasteiger partial charge < -0.3 is 19.7 Å². The summed E-state index contributed by atoms with van der Waals surface area (Å²) in [5.41, 5.74) is 0.281. The molecule has 1 saturated heterocycles. The third-order valence-corrected chi connectivity index (χ3v) is 5.83. The number of esters is 1. The molecule has 1 aliphatic rings. The van der Waals surface area contributed by atoms with Gasteiger partial charge in [-0.25, -0.2) is 4.79 Å². The molecule has 9 nitrogen and oxygen atoms in total. The molecule has 0 radical (unpaired) electrons. The molecule has 1 fully saturated rings. The van der Waals surface area contributed by atoms with Crippen LogP contribution >= 0.6 is 23.1 Å². The largest absolute Gasteiger partial charge is 0.465 e. The standard InChI is InChI=1S/C16H18F3N5O4S2/c1-27-13(26)12-10(2-7-29-12)20-11(25)8-30-15-22-21-14(23-3-5-28-6-4-23)24(15)9-16(17,18)19/h2,7H,3-6,8-9H2,1H3,(H,20,25). The van der Waals surface area contributed by atoms with Crippen LogP contribution in [0, 0.1) is 0 Å². The van der Waals surface area contributed by atoms with E-state index in [1.807, 2.05) is 0 Å². The number of hydrogen-bond acceptors (Lipinski definition) is 9. The Morgan fingerprint density at radius 1 is 1.33 bits per heavy atom. The molecule has 164 valence electrons. The number of hydrogen-bond donors (Lipinski definition) is 1. The number of rotatable bonds is 7. The minimum atomic E-state index is -4.48. The fourth-order valence-electron chi connectivity index (χ4n) is 2.68. The molecule has 0 atom stereocenters. The molecule has 1 N–H and O–H groups in total. The average Bonchev–Trinajstić information content (AvgIpc) is 3.32. The Morgan fingerprint density at radius 2 is 2.07 bits per heavy atom. The Morgan fingerprint density at radius 3 is 2.73 bits per heavy atom. The lowest BCUT2D eigenvalue weighted by molar-refractivity contribution is -0.141. The molecule has 2 aromatic heterocycles. The van der Waals surface area contributed by atoms with Gasteiger partial charge in [-0.3, -0.25) is 9.36 Å². The summed E-state index contributed by atoms with van der Waals surface area (Å²) in [6.45, 7) is 0.290. The lowest BCUT2D eigenvalue weighted by Crippen LogP contribution is -2.38. The first-order valence-corrected chi connectivity index (χ1v) is 10.6. The summed E-state index contributed by atoms with van der Waals surface area (Å²) in [6.07, 6.45) is -4.48. The molecule has 1 amide bonds. The zero-order chi connectivity index (χ0) is 21.7. The maximum Gasteiger partial charge on any atom is 0.406 e. The summed E-state index contributed by atoms with van der Waals surface area (Å²) in [6, 6.07) is 1.54. The van der Waals surface area contributed by atoms with E-state index in [2.05, 4.69) is 20.3 Å². The fraction of sp³-hybridized carbons (Fsp3) is 0.500. The van der Waals surface area contributed by atoms with Crippen molar-refractivity contribution in [3.63, 3.8) is 0 Å². The third-order valence-electron chi connectivity index (χ3n) is 3.97. The minimum absolute atomic E-state index is 0.0255. The lowest BCUT2D eigenvalue weighted by atomic mass is 10.4. The van der Waals surface area contributed by atoms with E-state index in [4.69, 9.17) is 4.74 Å². The topological polar surface area (TPSA) is 98.6 Å². The highest BCUT2D eigenvalue weighted by atomic mass is 32.2. The molecule has 0 aromatic carbocycles. The van der Waals surface area contributed by atoms with Crippen molar-refractivity contribution < 1.29 is 32.2 Å². The first kappa shape index (κ1) is 22.4. The van der Waals surface area contributed by atoms with Crippen molar-refractivity contribution in [1.82, 2.24) is 14.8 Å². The van der Waals surface area contributed by atoms with Crippen LogP contribution < -0.4 is 10.2 Å². The maximum atomic E-state index is 13.1. The second-order valence-corrected chi connectivity index (χ2v) is 7.93. The number of nitrogens with one attached hydrogen (secondary N) is 1. The number of alkyl halides is 3. The fourth-order valence-corrected chi connectivity index (χ4v) is 4.18. The van der Waals surface area contributed by atoms with Crippen LogP contribution in [0.2, 0.25) is 0 Å². The van der Waals surface area contributed by atoms with Gasteiger partial charge in [0.25, 0.3) is 0 Å². The Balaban J connectivity index is 1.70. The van der Waals surface area contributed by atoms with Gasteiger partial charge in [0, 0.05) is 13.1 Å². The SMILES string of the molecule is COC(=O)c1sccc1NC(=O)CSc1nnc(N2CCOCC2)n1CC(F)(F)F. The molecule has 30 heavy (non-hydrogen) atoms. The molecule has 0 saturated carbocycles. The lowest BCUT2D eigenvalue weighted by Gasteiger charge is -2.28. The molecule has 0 aliphatic carbocycles. The van der Waals surface area contributed by atoms with Crippen molar-refractivity contribution in [3.05, 3.63) is 16.3 Å². The first-order valence-electron chi connectivity index (χ1n) is 8.69. The van der Waals surface area contributed by atoms with Gasteiger partial charge in [0.15, 0.2) is 5.16 Å². The van der Waals surface area contributed by atoms with Gasteiger partial charge in [0.05, 0.1) is 31.8 Å². The highest BCUT2D eigenvalue weighted by Gasteiger charge is 2.33. The number of ether oxygens (including phenoxy) is 2. The quantitative estimate of drug-likeness (QED) is 0.491. The van der Waals surface area contributed by atoms with Crippen molar-refractivity contribution in [3.8, 4) is 0 Å². The Labute approximate surface area is 177 Å². The van der Waals surface area contributed by atoms with E-state index >= 15 is 0 Å². The van der Waals surface area contributed by atoms with E-state index in [9.17, 15) is 22.8 Å². The zero-order valence-electron chi connectivity index (χ0n) is 15.8. The van der Waals surface area contributed by atoms with E-state index in [1.165, 1.54) is 7.11 Å². The zero-order valence-corrected chi connectivity index (χ0v) is 17.4. The number of carbonyl (C=O) groups is 2. The summed E-state index contributed by atoms with van der Waals surface area (Å²) in [5.74, 6) is -1.22. The van der Waals surface area contributed by atoms with Gasteiger partial charge in [0.1, 0.15) is 11.4 Å². The average molecular weight is 465 g/mol. The van der Waals surface area contributed by atoms with Gasteiger partial charge >= 0.3 is 12.1 Å². The minimum Gasteiger partial charge on any atom is -0.465 e. The number of nitrogens with zero attached hydrogens (tertiary/aromatic N) is 4. The summed E-state index contributed by atoms with van der Waals surface area (Å²) in [5, 5.41) is 11.9. The molecule has 0 spiro atoms. The summed E-state index contributed by atoms with van der Waals surface area (Å²) in [7, 11) is 1.23. The highest BCUT2D eigenvalue weighted by molar-refractivity contribution is 7.99. The predicted octanol–water partition coefficient (Wildman–Crippen LogP) is 2.26. The summed E-state index contributed by atoms with van der Waals surface area (Å²) < 4.78 is 50.1. The number of thiophene rings is 1. The monoisotopic (exact) mass is 465 g/mol. The highest BCUT2D eigenvalue weighted by Crippen LogP contribution is 2.28. The molecule has 0 unspecified atom stereocenters. The van der Waals surface area contributed by atoms with Crippen molar-refractivity contribution in [1.29, 1.82) is 0 Å². The van der Waals surface area contributed by atoms with Crippen LogP contribution in [0.25, 0.3) is 0 Å². The van der Waals surface area contributed by atoms with E-state index in [0.29, 0.717) is 26.3 Å². The third kappa shape index (κ3) is 5.64. The number of amides is 1. The number of morpholine rings is 1. The Hall–Kier alpha value is -2.32. The second kappa shape index (κ2) is 9.66. The van der Waals surface area contributed by atoms with Crippen LogP contribution in [0.1, 0.15) is 9.67 Å². The predicted molar refractivity (Wildman–Crippen MR) is 104 cm³/mol. The van der Waals surface area contributed by atoms with Crippen LogP contribution in [0.4, 0.5) is 24.8 Å². The Kier molecular flexibility index (Phi) is 7.20. The molecule has 0 bridgehead atoms. The van der Waals surface area contributed by atoms with Crippen LogP contribution in [0.3, 0.4) is 0 Å². The molecule has 2 aromatic rings. The molecule has 1 aliphatic heterocycles. The Bertz CT molecular complexity index is 896. The normalized spacial score (nSPS) is 14.6. The van der Waals surface area contributed by atoms with E-state index < -0.39 is 24.6 Å². The van der Waals surface area contributed by atoms with Crippen molar-refractivity contribution >= 4 is 46.6 Å². The van der Waals surface area contributed by atoms with Gasteiger partial charge in [0.2, 0.25) is 11.9 Å². The van der Waals surface area contributed by atoms with Crippen LogP contribution in [-0.4, -0.2) is 72.0 Å². The van der Waals surface area contributed by atoms with Gasteiger partial charge in [-0.1, -0.05) is 11.8 Å². The van der Waals surface area contributed by atoms with Gasteiger partial charge in [-0.15, -0.1) is 21.5 Å². The number of carbonyl (C=O) groups excluding carboxylic acids is 2. The molecular formula is C16H18F3N5O4S2. The van der Waals surface area contributed by atoms with E-state index in [0.717, 1.165) is 27.7 Å². The number of aromatic nitrogens is 3. The molecule has 14 heteroatoms. The number of thioether (sulfide) groups is 1. The smallest absolute Gasteiger partial charge is 0.406 e. The van der Waals surface area contributed by atoms with Crippen LogP contribution in [0.15, 0.2) is 16.6 Å². The first-order chi connectivity index (χ1) is 14.3. The molecule has 3 rings (SSSR count). The maximum absolute atomic E-state index is 13.1. The van der Waals surface area contributed by atoms with Crippen molar-refractivity contribution in [2.45, 2.75) is 17.9 Å². The number of anilines is 2. The molecule has 3 heterocycles. The van der Waals surface area contributed by atoms with Crippen LogP contribution in [0.5, 0.6) is 0 Å². The summed E-state index contributed by atoms with van der Waals surface area (Å²) in [4.78, 5) is 25.8. The van der Waals surface area contributed by atoms with Gasteiger partial charge in [-0.2, -0.15) is 13.2 Å². The van der Waals surface area contributed by atoms with E-state index in [1.54, 1.807) is 16.3 Å². The van der Waals surface area contributed by atoms with Crippen LogP contribution in [-0.2, 0) is 20.8 Å². The number of methoxy groups -OCH3 is 1. The van der Waals surface area contributed by atoms with Gasteiger partial charge in [-0.05, 0) is 11.4 Å². The molecular weight excluding hydrogens is 447 g/mol. The summed E-state index contributed by atoms with van der Waals surface area (Å²) >= 11 is 1.93. The second-order valence-electron chi connectivity index (χ2n) is 6.08. The van der Waals surface area contributed by atoms with E-state index in [-0.39, 0.29) is 27.4 Å². The van der Waals surface area contributed by atoms with Crippen molar-refractivity contribution in [2.24, 2.45) is 0 Å². The van der Waals surface area contributed by atoms with Crippen molar-refractivity contribution in [2.75, 3.05) is 49.4 Å². The number of halogens is 3.